The topological polar surface area (TPSA) is 53.7 Å². The van der Waals surface area contributed by atoms with Gasteiger partial charge < -0.3 is 19.9 Å². The van der Waals surface area contributed by atoms with E-state index in [-0.39, 0.29) is 0 Å². The summed E-state index contributed by atoms with van der Waals surface area (Å²) in [6.45, 7) is 0.932. The predicted molar refractivity (Wildman–Crippen MR) is 79.5 cm³/mol. The van der Waals surface area contributed by atoms with Crippen molar-refractivity contribution < 1.29 is 14.2 Å². The normalized spacial score (nSPS) is 10.2. The molecule has 2 aromatic rings. The molecular weight excluding hydrogens is 254 g/mol. The molecule has 0 spiro atoms. The molecule has 0 bridgehead atoms. The van der Waals surface area contributed by atoms with Crippen LogP contribution in [0, 0.1) is 0 Å². The van der Waals surface area contributed by atoms with Gasteiger partial charge in [-0.1, -0.05) is 24.3 Å². The zero-order valence-corrected chi connectivity index (χ0v) is 11.8. The van der Waals surface area contributed by atoms with Gasteiger partial charge in [-0.2, -0.15) is 0 Å². The Balaban J connectivity index is 2.38. The molecule has 0 fully saturated rings. The van der Waals surface area contributed by atoms with Crippen LogP contribution in [0.5, 0.6) is 17.2 Å². The zero-order chi connectivity index (χ0) is 14.4. The van der Waals surface area contributed by atoms with Crippen LogP contribution in [0.3, 0.4) is 0 Å². The van der Waals surface area contributed by atoms with Gasteiger partial charge in [0.2, 0.25) is 0 Å². The van der Waals surface area contributed by atoms with E-state index in [0.717, 1.165) is 16.9 Å². The minimum Gasteiger partial charge on any atom is -0.496 e. The number of methoxy groups -OCH3 is 2. The standard InChI is InChI=1S/C16H19NO3/c1-18-14-6-4-3-5-13(14)12-7-8-15(20-10-9-17)16(11-12)19-2/h3-8,11H,9-10,17H2,1-2H3. The second-order valence-corrected chi connectivity index (χ2v) is 4.20. The summed E-state index contributed by atoms with van der Waals surface area (Å²) in [6, 6.07) is 13.7. The van der Waals surface area contributed by atoms with Crippen molar-refractivity contribution >= 4 is 0 Å². The lowest BCUT2D eigenvalue weighted by Gasteiger charge is -2.13. The quantitative estimate of drug-likeness (QED) is 0.879. The molecule has 0 saturated carbocycles. The highest BCUT2D eigenvalue weighted by atomic mass is 16.5. The first-order valence-corrected chi connectivity index (χ1v) is 6.44. The Kier molecular flexibility index (Phi) is 4.85. The zero-order valence-electron chi connectivity index (χ0n) is 11.8. The maximum atomic E-state index is 5.54. The smallest absolute Gasteiger partial charge is 0.161 e. The summed E-state index contributed by atoms with van der Waals surface area (Å²) in [7, 11) is 3.28. The van der Waals surface area contributed by atoms with E-state index in [1.54, 1.807) is 14.2 Å². The first kappa shape index (κ1) is 14.2. The lowest BCUT2D eigenvalue weighted by atomic mass is 10.0. The number of benzene rings is 2. The van der Waals surface area contributed by atoms with E-state index in [1.165, 1.54) is 0 Å². The van der Waals surface area contributed by atoms with Crippen molar-refractivity contribution in [3.8, 4) is 28.4 Å². The minimum atomic E-state index is 0.463. The third-order valence-corrected chi connectivity index (χ3v) is 2.96. The molecule has 0 aliphatic heterocycles. The van der Waals surface area contributed by atoms with Crippen molar-refractivity contribution in [3.63, 3.8) is 0 Å². The Morgan fingerprint density at radius 2 is 1.65 bits per heavy atom. The predicted octanol–water partition coefficient (Wildman–Crippen LogP) is 2.71. The number of rotatable bonds is 6. The highest BCUT2D eigenvalue weighted by Gasteiger charge is 2.10. The molecule has 0 aliphatic rings. The van der Waals surface area contributed by atoms with E-state index in [9.17, 15) is 0 Å². The van der Waals surface area contributed by atoms with Crippen LogP contribution in [0.1, 0.15) is 0 Å². The van der Waals surface area contributed by atoms with Crippen molar-refractivity contribution in [1.29, 1.82) is 0 Å². The lowest BCUT2D eigenvalue weighted by molar-refractivity contribution is 0.302. The van der Waals surface area contributed by atoms with Crippen molar-refractivity contribution in [2.75, 3.05) is 27.4 Å². The summed E-state index contributed by atoms with van der Waals surface area (Å²) in [4.78, 5) is 0. The summed E-state index contributed by atoms with van der Waals surface area (Å²) in [6.07, 6.45) is 0. The highest BCUT2D eigenvalue weighted by molar-refractivity contribution is 5.72. The fraction of sp³-hybridized carbons (Fsp3) is 0.250. The fourth-order valence-corrected chi connectivity index (χ4v) is 2.01. The van der Waals surface area contributed by atoms with Gasteiger partial charge >= 0.3 is 0 Å². The third-order valence-electron chi connectivity index (χ3n) is 2.96. The molecule has 2 aromatic carbocycles. The molecule has 0 aromatic heterocycles. The van der Waals surface area contributed by atoms with Gasteiger partial charge in [0.05, 0.1) is 14.2 Å². The van der Waals surface area contributed by atoms with Gasteiger partial charge in [-0.05, 0) is 23.8 Å². The molecule has 4 heteroatoms. The molecule has 0 atom stereocenters. The molecule has 0 saturated heterocycles. The van der Waals surface area contributed by atoms with Crippen LogP contribution in [0.15, 0.2) is 42.5 Å². The minimum absolute atomic E-state index is 0.463. The SMILES string of the molecule is COc1cc(-c2ccccc2OC)ccc1OCCN. The van der Waals surface area contributed by atoms with Gasteiger partial charge in [0.1, 0.15) is 12.4 Å². The molecule has 0 aliphatic carbocycles. The largest absolute Gasteiger partial charge is 0.496 e. The van der Waals surface area contributed by atoms with Gasteiger partial charge in [-0.3, -0.25) is 0 Å². The molecule has 0 heterocycles. The van der Waals surface area contributed by atoms with Crippen LogP contribution in [-0.4, -0.2) is 27.4 Å². The summed E-state index contributed by atoms with van der Waals surface area (Å²) in [5, 5.41) is 0. The molecule has 20 heavy (non-hydrogen) atoms. The van der Waals surface area contributed by atoms with E-state index in [1.807, 2.05) is 42.5 Å². The lowest BCUT2D eigenvalue weighted by Crippen LogP contribution is -2.11. The Bertz CT molecular complexity index is 569. The first-order valence-electron chi connectivity index (χ1n) is 6.44. The number of nitrogens with two attached hydrogens (primary N) is 1. The molecule has 106 valence electrons. The second-order valence-electron chi connectivity index (χ2n) is 4.20. The third kappa shape index (κ3) is 3.03. The van der Waals surface area contributed by atoms with Crippen molar-refractivity contribution in [1.82, 2.24) is 0 Å². The van der Waals surface area contributed by atoms with E-state index in [0.29, 0.717) is 24.7 Å². The van der Waals surface area contributed by atoms with Crippen LogP contribution in [0.4, 0.5) is 0 Å². The summed E-state index contributed by atoms with van der Waals surface area (Å²) in [5.74, 6) is 2.20. The van der Waals surface area contributed by atoms with Crippen molar-refractivity contribution in [3.05, 3.63) is 42.5 Å². The molecule has 2 rings (SSSR count). The second kappa shape index (κ2) is 6.82. The maximum Gasteiger partial charge on any atom is 0.161 e. The van der Waals surface area contributed by atoms with Crippen LogP contribution in [0.2, 0.25) is 0 Å². The van der Waals surface area contributed by atoms with Crippen molar-refractivity contribution in [2.24, 2.45) is 5.73 Å². The highest BCUT2D eigenvalue weighted by Crippen LogP contribution is 2.36. The molecule has 4 nitrogen and oxygen atoms in total. The average molecular weight is 273 g/mol. The molecular formula is C16H19NO3. The maximum absolute atomic E-state index is 5.54. The van der Waals surface area contributed by atoms with Crippen molar-refractivity contribution in [2.45, 2.75) is 0 Å². The van der Waals surface area contributed by atoms with Gasteiger partial charge in [0, 0.05) is 12.1 Å². The Morgan fingerprint density at radius 3 is 2.35 bits per heavy atom. The Hall–Kier alpha value is -2.20. The van der Waals surface area contributed by atoms with E-state index in [4.69, 9.17) is 19.9 Å². The monoisotopic (exact) mass is 273 g/mol. The number of hydrogen-bond donors (Lipinski definition) is 1. The van der Waals surface area contributed by atoms with E-state index >= 15 is 0 Å². The van der Waals surface area contributed by atoms with Crippen LogP contribution >= 0.6 is 0 Å². The van der Waals surface area contributed by atoms with E-state index in [2.05, 4.69) is 0 Å². The van der Waals surface area contributed by atoms with E-state index < -0.39 is 0 Å². The number of para-hydroxylation sites is 1. The van der Waals surface area contributed by atoms with Crippen LogP contribution in [0.25, 0.3) is 11.1 Å². The van der Waals surface area contributed by atoms with Gasteiger partial charge in [-0.25, -0.2) is 0 Å². The summed E-state index contributed by atoms with van der Waals surface area (Å²) >= 11 is 0. The molecule has 0 radical (unpaired) electrons. The first-order chi connectivity index (χ1) is 9.80. The molecule has 0 amide bonds. The number of hydrogen-bond acceptors (Lipinski definition) is 4. The fourth-order valence-electron chi connectivity index (χ4n) is 2.01. The summed E-state index contributed by atoms with van der Waals surface area (Å²) < 4.78 is 16.3. The van der Waals surface area contributed by atoms with Crippen LogP contribution < -0.4 is 19.9 Å². The Labute approximate surface area is 119 Å². The Morgan fingerprint density at radius 1 is 0.900 bits per heavy atom. The number of ether oxygens (including phenoxy) is 3. The molecule has 0 unspecified atom stereocenters. The van der Waals surface area contributed by atoms with Gasteiger partial charge in [-0.15, -0.1) is 0 Å². The summed E-state index contributed by atoms with van der Waals surface area (Å²) in [5.41, 5.74) is 7.47. The average Bonchev–Trinajstić information content (AvgIpc) is 2.52. The van der Waals surface area contributed by atoms with Gasteiger partial charge in [0.25, 0.3) is 0 Å². The van der Waals surface area contributed by atoms with Gasteiger partial charge in [0.15, 0.2) is 11.5 Å². The molecule has 2 N–H and O–H groups in total. The van der Waals surface area contributed by atoms with Crippen LogP contribution in [-0.2, 0) is 0 Å².